The smallest absolute Gasteiger partial charge is 0.232 e. The summed E-state index contributed by atoms with van der Waals surface area (Å²) in [5, 5.41) is 16.9. The molecule has 1 heterocycles. The topological polar surface area (TPSA) is 75.4 Å². The summed E-state index contributed by atoms with van der Waals surface area (Å²) < 4.78 is 5.40. The van der Waals surface area contributed by atoms with E-state index in [-0.39, 0.29) is 12.5 Å². The van der Waals surface area contributed by atoms with Crippen LogP contribution in [0.1, 0.15) is 32.4 Å². The minimum Gasteiger partial charge on any atom is -0.394 e. The monoisotopic (exact) mass is 334 g/mol. The van der Waals surface area contributed by atoms with E-state index in [1.165, 1.54) is 0 Å². The fourth-order valence-electron chi connectivity index (χ4n) is 2.44. The zero-order valence-electron chi connectivity index (χ0n) is 13.1. The third kappa shape index (κ3) is 3.12. The number of nitrogens with zero attached hydrogens (tertiary/aromatic N) is 1. The SMILES string of the molecule is CC(C)(CO)NC(=O)C1(c2cc(-c3ccc(Cl)cc3)on2)CC1. The van der Waals surface area contributed by atoms with E-state index in [0.29, 0.717) is 16.5 Å². The maximum absolute atomic E-state index is 12.6. The molecule has 1 amide bonds. The summed E-state index contributed by atoms with van der Waals surface area (Å²) in [6, 6.07) is 9.06. The molecule has 23 heavy (non-hydrogen) atoms. The van der Waals surface area contributed by atoms with Crippen molar-refractivity contribution >= 4 is 17.5 Å². The van der Waals surface area contributed by atoms with E-state index < -0.39 is 11.0 Å². The molecule has 1 aliphatic carbocycles. The fourth-order valence-corrected chi connectivity index (χ4v) is 2.57. The Kier molecular flexibility index (Phi) is 3.94. The van der Waals surface area contributed by atoms with Gasteiger partial charge in [0.05, 0.1) is 23.3 Å². The third-order valence-corrected chi connectivity index (χ3v) is 4.41. The molecule has 0 unspecified atom stereocenters. The molecular formula is C17H19ClN2O3. The molecule has 0 aliphatic heterocycles. The summed E-state index contributed by atoms with van der Waals surface area (Å²) >= 11 is 5.88. The number of hydrogen-bond acceptors (Lipinski definition) is 4. The van der Waals surface area contributed by atoms with Gasteiger partial charge in [-0.25, -0.2) is 0 Å². The van der Waals surface area contributed by atoms with Crippen LogP contribution >= 0.6 is 11.6 Å². The number of benzene rings is 1. The standard InChI is InChI=1S/C17H19ClN2O3/c1-16(2,10-21)19-15(22)17(7-8-17)14-9-13(23-20-14)11-3-5-12(18)6-4-11/h3-6,9,21H,7-8,10H2,1-2H3,(H,19,22). The number of amides is 1. The normalized spacial score (nSPS) is 16.2. The van der Waals surface area contributed by atoms with Gasteiger partial charge in [-0.2, -0.15) is 0 Å². The Morgan fingerprint density at radius 2 is 2.04 bits per heavy atom. The molecule has 5 nitrogen and oxygen atoms in total. The quantitative estimate of drug-likeness (QED) is 0.881. The number of aromatic nitrogens is 1. The highest BCUT2D eigenvalue weighted by atomic mass is 35.5. The number of rotatable bonds is 5. The molecule has 6 heteroatoms. The van der Waals surface area contributed by atoms with Crippen LogP contribution < -0.4 is 5.32 Å². The molecule has 0 spiro atoms. The van der Waals surface area contributed by atoms with Gasteiger partial charge in [0.25, 0.3) is 0 Å². The highest BCUT2D eigenvalue weighted by Crippen LogP contribution is 2.48. The second-order valence-electron chi connectivity index (χ2n) is 6.66. The first-order valence-electron chi connectivity index (χ1n) is 7.53. The van der Waals surface area contributed by atoms with Crippen LogP contribution in [-0.4, -0.2) is 28.3 Å². The zero-order chi connectivity index (χ0) is 16.7. The Morgan fingerprint density at radius 3 is 2.61 bits per heavy atom. The van der Waals surface area contributed by atoms with E-state index in [4.69, 9.17) is 16.1 Å². The largest absolute Gasteiger partial charge is 0.394 e. The first kappa shape index (κ1) is 16.0. The van der Waals surface area contributed by atoms with Crippen molar-refractivity contribution in [1.82, 2.24) is 10.5 Å². The summed E-state index contributed by atoms with van der Waals surface area (Å²) in [7, 11) is 0. The lowest BCUT2D eigenvalue weighted by atomic mass is 9.97. The summed E-state index contributed by atoms with van der Waals surface area (Å²) in [4.78, 5) is 12.6. The zero-order valence-corrected chi connectivity index (χ0v) is 13.9. The van der Waals surface area contributed by atoms with Gasteiger partial charge in [0.2, 0.25) is 5.91 Å². The van der Waals surface area contributed by atoms with Crippen LogP contribution in [0, 0.1) is 0 Å². The molecule has 0 saturated heterocycles. The number of hydrogen-bond donors (Lipinski definition) is 2. The van der Waals surface area contributed by atoms with Crippen molar-refractivity contribution in [2.45, 2.75) is 37.6 Å². The molecule has 0 radical (unpaired) electrons. The van der Waals surface area contributed by atoms with Gasteiger partial charge in [0.1, 0.15) is 0 Å². The first-order chi connectivity index (χ1) is 10.9. The Hall–Kier alpha value is -1.85. The van der Waals surface area contributed by atoms with Crippen LogP contribution in [0.4, 0.5) is 0 Å². The molecule has 1 fully saturated rings. The van der Waals surface area contributed by atoms with E-state index >= 15 is 0 Å². The van der Waals surface area contributed by atoms with Gasteiger partial charge in [-0.3, -0.25) is 4.79 Å². The number of aliphatic hydroxyl groups excluding tert-OH is 1. The van der Waals surface area contributed by atoms with Crippen molar-refractivity contribution in [1.29, 1.82) is 0 Å². The minimum atomic E-state index is -0.657. The van der Waals surface area contributed by atoms with Gasteiger partial charge in [-0.15, -0.1) is 0 Å². The maximum Gasteiger partial charge on any atom is 0.232 e. The Labute approximate surface area is 139 Å². The lowest BCUT2D eigenvalue weighted by Crippen LogP contribution is -2.50. The molecule has 122 valence electrons. The van der Waals surface area contributed by atoms with E-state index in [1.54, 1.807) is 26.0 Å². The van der Waals surface area contributed by atoms with Crippen molar-refractivity contribution in [3.05, 3.63) is 41.0 Å². The average molecular weight is 335 g/mol. The summed E-state index contributed by atoms with van der Waals surface area (Å²) in [6.45, 7) is 3.44. The minimum absolute atomic E-state index is 0.118. The van der Waals surface area contributed by atoms with Gasteiger partial charge in [-0.1, -0.05) is 16.8 Å². The molecule has 1 aromatic heterocycles. The predicted octanol–water partition coefficient (Wildman–Crippen LogP) is 2.91. The fraction of sp³-hybridized carbons (Fsp3) is 0.412. The number of carbonyl (C=O) groups is 1. The molecule has 0 bridgehead atoms. The van der Waals surface area contributed by atoms with Crippen LogP contribution in [0.3, 0.4) is 0 Å². The first-order valence-corrected chi connectivity index (χ1v) is 7.91. The van der Waals surface area contributed by atoms with Crippen molar-refractivity contribution < 1.29 is 14.4 Å². The van der Waals surface area contributed by atoms with Crippen LogP contribution in [0.25, 0.3) is 11.3 Å². The van der Waals surface area contributed by atoms with Crippen molar-refractivity contribution in [2.75, 3.05) is 6.61 Å². The van der Waals surface area contributed by atoms with E-state index in [9.17, 15) is 9.90 Å². The molecule has 0 atom stereocenters. The Bertz CT molecular complexity index is 718. The Morgan fingerprint density at radius 1 is 1.39 bits per heavy atom. The van der Waals surface area contributed by atoms with Crippen LogP contribution in [0.5, 0.6) is 0 Å². The van der Waals surface area contributed by atoms with Crippen molar-refractivity contribution in [3.63, 3.8) is 0 Å². The van der Waals surface area contributed by atoms with Crippen molar-refractivity contribution in [2.24, 2.45) is 0 Å². The predicted molar refractivity (Wildman–Crippen MR) is 87.2 cm³/mol. The van der Waals surface area contributed by atoms with Gasteiger partial charge >= 0.3 is 0 Å². The molecule has 3 rings (SSSR count). The second-order valence-corrected chi connectivity index (χ2v) is 7.10. The summed E-state index contributed by atoms with van der Waals surface area (Å²) in [6.07, 6.45) is 1.46. The summed E-state index contributed by atoms with van der Waals surface area (Å²) in [5.74, 6) is 0.490. The van der Waals surface area contributed by atoms with Gasteiger partial charge in [0, 0.05) is 16.7 Å². The lowest BCUT2D eigenvalue weighted by molar-refractivity contribution is -0.125. The lowest BCUT2D eigenvalue weighted by Gasteiger charge is -2.26. The van der Waals surface area contributed by atoms with Crippen LogP contribution in [0.15, 0.2) is 34.9 Å². The number of aliphatic hydroxyl groups is 1. The third-order valence-electron chi connectivity index (χ3n) is 4.16. The van der Waals surface area contributed by atoms with Crippen molar-refractivity contribution in [3.8, 4) is 11.3 Å². The van der Waals surface area contributed by atoms with Crippen LogP contribution in [-0.2, 0) is 10.2 Å². The summed E-state index contributed by atoms with van der Waals surface area (Å²) in [5.41, 5.74) is 0.199. The molecule has 1 saturated carbocycles. The number of carbonyl (C=O) groups excluding carboxylic acids is 1. The molecule has 2 N–H and O–H groups in total. The second kappa shape index (κ2) is 5.65. The average Bonchev–Trinajstić information content (AvgIpc) is 3.19. The van der Waals surface area contributed by atoms with E-state index in [0.717, 1.165) is 18.4 Å². The van der Waals surface area contributed by atoms with E-state index in [1.807, 2.05) is 18.2 Å². The molecule has 1 aliphatic rings. The molecule has 2 aromatic rings. The van der Waals surface area contributed by atoms with Gasteiger partial charge < -0.3 is 14.9 Å². The van der Waals surface area contributed by atoms with Crippen LogP contribution in [0.2, 0.25) is 5.02 Å². The highest BCUT2D eigenvalue weighted by molar-refractivity contribution is 6.30. The number of halogens is 1. The van der Waals surface area contributed by atoms with Gasteiger partial charge in [-0.05, 0) is 51.0 Å². The Balaban J connectivity index is 1.82. The molecule has 1 aromatic carbocycles. The maximum atomic E-state index is 12.6. The number of nitrogens with one attached hydrogen (secondary N) is 1. The highest BCUT2D eigenvalue weighted by Gasteiger charge is 2.54. The molecular weight excluding hydrogens is 316 g/mol. The van der Waals surface area contributed by atoms with E-state index in [2.05, 4.69) is 10.5 Å². The van der Waals surface area contributed by atoms with Gasteiger partial charge in [0.15, 0.2) is 5.76 Å².